The summed E-state index contributed by atoms with van der Waals surface area (Å²) >= 11 is 0. The standard InChI is InChI=1S/C16H18FNO2/c1-9(2)3-6-14(19)16-11-5-4-10(17)7-12(11)15(20)8-13(16)18/h4-5,7,9H,3,6,8,18H2,1-2H3. The lowest BCUT2D eigenvalue weighted by molar-refractivity contribution is -0.114. The van der Waals surface area contributed by atoms with Crippen LogP contribution in [0, 0.1) is 11.7 Å². The Bertz CT molecular complexity index is 602. The van der Waals surface area contributed by atoms with E-state index in [0.29, 0.717) is 29.2 Å². The van der Waals surface area contributed by atoms with Crippen LogP contribution < -0.4 is 5.73 Å². The van der Waals surface area contributed by atoms with Gasteiger partial charge in [0.1, 0.15) is 5.82 Å². The van der Waals surface area contributed by atoms with Crippen LogP contribution >= 0.6 is 0 Å². The summed E-state index contributed by atoms with van der Waals surface area (Å²) in [6.07, 6.45) is 1.14. The van der Waals surface area contributed by atoms with Gasteiger partial charge in [-0.2, -0.15) is 0 Å². The van der Waals surface area contributed by atoms with Crippen LogP contribution in [-0.4, -0.2) is 11.6 Å². The van der Waals surface area contributed by atoms with Crippen molar-refractivity contribution in [3.8, 4) is 0 Å². The van der Waals surface area contributed by atoms with Crippen molar-refractivity contribution in [3.05, 3.63) is 40.8 Å². The predicted octanol–water partition coefficient (Wildman–Crippen LogP) is 3.09. The molecular formula is C16H18FNO2. The van der Waals surface area contributed by atoms with Gasteiger partial charge < -0.3 is 5.73 Å². The van der Waals surface area contributed by atoms with Crippen LogP contribution in [0.2, 0.25) is 0 Å². The Morgan fingerprint density at radius 2 is 2.05 bits per heavy atom. The van der Waals surface area contributed by atoms with Crippen LogP contribution in [0.1, 0.15) is 49.0 Å². The van der Waals surface area contributed by atoms with Gasteiger partial charge >= 0.3 is 0 Å². The maximum absolute atomic E-state index is 13.3. The molecule has 1 aromatic rings. The summed E-state index contributed by atoms with van der Waals surface area (Å²) in [6.45, 7) is 4.08. The second-order valence-corrected chi connectivity index (χ2v) is 5.55. The number of hydrogen-bond donors (Lipinski definition) is 1. The second-order valence-electron chi connectivity index (χ2n) is 5.55. The van der Waals surface area contributed by atoms with Gasteiger partial charge in [-0.15, -0.1) is 0 Å². The number of carbonyl (C=O) groups excluding carboxylic acids is 2. The summed E-state index contributed by atoms with van der Waals surface area (Å²) in [5.74, 6) is -0.376. The molecule has 0 aliphatic heterocycles. The Labute approximate surface area is 117 Å². The smallest absolute Gasteiger partial charge is 0.169 e. The van der Waals surface area contributed by atoms with E-state index in [1.54, 1.807) is 0 Å². The van der Waals surface area contributed by atoms with E-state index in [4.69, 9.17) is 5.73 Å². The number of benzene rings is 1. The Morgan fingerprint density at radius 1 is 1.35 bits per heavy atom. The zero-order valence-corrected chi connectivity index (χ0v) is 11.7. The fourth-order valence-corrected chi connectivity index (χ4v) is 2.37. The minimum absolute atomic E-state index is 0.0147. The normalized spacial score (nSPS) is 14.7. The third-order valence-electron chi connectivity index (χ3n) is 3.45. The van der Waals surface area contributed by atoms with Crippen molar-refractivity contribution in [1.29, 1.82) is 0 Å². The first-order valence-electron chi connectivity index (χ1n) is 6.75. The fourth-order valence-electron chi connectivity index (χ4n) is 2.37. The third kappa shape index (κ3) is 2.79. The van der Waals surface area contributed by atoms with E-state index < -0.39 is 5.82 Å². The lowest BCUT2D eigenvalue weighted by Crippen LogP contribution is -2.21. The van der Waals surface area contributed by atoms with Crippen molar-refractivity contribution in [2.75, 3.05) is 0 Å². The highest BCUT2D eigenvalue weighted by Gasteiger charge is 2.27. The average Bonchev–Trinajstić information content (AvgIpc) is 2.37. The van der Waals surface area contributed by atoms with Gasteiger partial charge in [0.15, 0.2) is 11.6 Å². The van der Waals surface area contributed by atoms with Crippen LogP contribution in [0.4, 0.5) is 4.39 Å². The van der Waals surface area contributed by atoms with Crippen molar-refractivity contribution < 1.29 is 14.0 Å². The maximum Gasteiger partial charge on any atom is 0.169 e. The number of nitrogens with two attached hydrogens (primary N) is 1. The first-order valence-corrected chi connectivity index (χ1v) is 6.75. The quantitative estimate of drug-likeness (QED) is 0.918. The summed E-state index contributed by atoms with van der Waals surface area (Å²) in [5.41, 5.74) is 7.28. The van der Waals surface area contributed by atoms with Gasteiger partial charge in [-0.25, -0.2) is 4.39 Å². The largest absolute Gasteiger partial charge is 0.401 e. The molecule has 0 radical (unpaired) electrons. The zero-order chi connectivity index (χ0) is 14.9. The van der Waals surface area contributed by atoms with Crippen molar-refractivity contribution in [2.24, 2.45) is 11.7 Å². The molecule has 0 saturated carbocycles. The van der Waals surface area contributed by atoms with Crippen molar-refractivity contribution in [1.82, 2.24) is 0 Å². The third-order valence-corrected chi connectivity index (χ3v) is 3.45. The number of fused-ring (bicyclic) bond motifs is 1. The second kappa shape index (κ2) is 5.57. The van der Waals surface area contributed by atoms with Gasteiger partial charge in [0.05, 0.1) is 6.42 Å². The average molecular weight is 275 g/mol. The van der Waals surface area contributed by atoms with Crippen LogP contribution in [0.3, 0.4) is 0 Å². The molecule has 106 valence electrons. The molecule has 0 atom stereocenters. The molecule has 2 rings (SSSR count). The maximum atomic E-state index is 13.3. The molecular weight excluding hydrogens is 257 g/mol. The number of hydrogen-bond acceptors (Lipinski definition) is 3. The number of Topliss-reactive ketones (excluding diaryl/α,β-unsaturated/α-hetero) is 2. The number of rotatable bonds is 4. The minimum atomic E-state index is -0.480. The number of ketones is 2. The van der Waals surface area contributed by atoms with Crippen LogP contribution in [0.25, 0.3) is 5.57 Å². The van der Waals surface area contributed by atoms with Gasteiger partial charge in [-0.3, -0.25) is 9.59 Å². The Balaban J connectivity index is 2.40. The number of allylic oxidation sites excluding steroid dienone is 2. The molecule has 0 heterocycles. The fraction of sp³-hybridized carbons (Fsp3) is 0.375. The van der Waals surface area contributed by atoms with Gasteiger partial charge in [0, 0.05) is 23.3 Å². The molecule has 3 nitrogen and oxygen atoms in total. The van der Waals surface area contributed by atoms with Crippen molar-refractivity contribution >= 4 is 17.1 Å². The molecule has 2 N–H and O–H groups in total. The van der Waals surface area contributed by atoms with E-state index in [0.717, 1.165) is 6.42 Å². The molecule has 20 heavy (non-hydrogen) atoms. The van der Waals surface area contributed by atoms with E-state index in [1.165, 1.54) is 18.2 Å². The molecule has 0 bridgehead atoms. The van der Waals surface area contributed by atoms with E-state index in [9.17, 15) is 14.0 Å². The highest BCUT2D eigenvalue weighted by Crippen LogP contribution is 2.31. The van der Waals surface area contributed by atoms with Crippen molar-refractivity contribution in [3.63, 3.8) is 0 Å². The SMILES string of the molecule is CC(C)CCC(=O)C1=C(N)CC(=O)c2cc(F)ccc21. The topological polar surface area (TPSA) is 60.2 Å². The Morgan fingerprint density at radius 3 is 2.70 bits per heavy atom. The summed E-state index contributed by atoms with van der Waals surface area (Å²) in [6, 6.07) is 3.90. The molecule has 0 aromatic heterocycles. The first kappa shape index (κ1) is 14.4. The van der Waals surface area contributed by atoms with E-state index in [2.05, 4.69) is 0 Å². The number of halogens is 1. The molecule has 1 aliphatic carbocycles. The van der Waals surface area contributed by atoms with E-state index in [-0.39, 0.29) is 23.6 Å². The summed E-state index contributed by atoms with van der Waals surface area (Å²) in [7, 11) is 0. The number of carbonyl (C=O) groups is 2. The summed E-state index contributed by atoms with van der Waals surface area (Å²) < 4.78 is 13.3. The molecule has 4 heteroatoms. The molecule has 1 aromatic carbocycles. The van der Waals surface area contributed by atoms with Gasteiger partial charge in [0.25, 0.3) is 0 Å². The van der Waals surface area contributed by atoms with Gasteiger partial charge in [-0.05, 0) is 30.0 Å². The van der Waals surface area contributed by atoms with Crippen molar-refractivity contribution in [2.45, 2.75) is 33.1 Å². The zero-order valence-electron chi connectivity index (χ0n) is 11.7. The highest BCUT2D eigenvalue weighted by molar-refractivity contribution is 6.26. The lowest BCUT2D eigenvalue weighted by Gasteiger charge is -2.20. The van der Waals surface area contributed by atoms with Crippen LogP contribution in [0.5, 0.6) is 0 Å². The van der Waals surface area contributed by atoms with E-state index in [1.807, 2.05) is 13.8 Å². The molecule has 1 aliphatic rings. The Hall–Kier alpha value is -1.97. The minimum Gasteiger partial charge on any atom is -0.401 e. The van der Waals surface area contributed by atoms with Gasteiger partial charge in [0.2, 0.25) is 0 Å². The van der Waals surface area contributed by atoms with Gasteiger partial charge in [-0.1, -0.05) is 19.9 Å². The molecule has 0 spiro atoms. The predicted molar refractivity (Wildman–Crippen MR) is 75.5 cm³/mol. The van der Waals surface area contributed by atoms with Crippen LogP contribution in [0.15, 0.2) is 23.9 Å². The lowest BCUT2D eigenvalue weighted by atomic mass is 9.84. The summed E-state index contributed by atoms with van der Waals surface area (Å²) in [5, 5.41) is 0. The molecule has 0 unspecified atom stereocenters. The monoisotopic (exact) mass is 275 g/mol. The first-order chi connectivity index (χ1) is 9.40. The van der Waals surface area contributed by atoms with Crippen LogP contribution in [-0.2, 0) is 4.79 Å². The summed E-state index contributed by atoms with van der Waals surface area (Å²) in [4.78, 5) is 24.2. The molecule has 0 fully saturated rings. The highest BCUT2D eigenvalue weighted by atomic mass is 19.1. The molecule has 0 saturated heterocycles. The molecule has 0 amide bonds. The van der Waals surface area contributed by atoms with E-state index >= 15 is 0 Å². The Kier molecular flexibility index (Phi) is 4.02.